The van der Waals surface area contributed by atoms with Crippen molar-refractivity contribution >= 4 is 11.4 Å². The van der Waals surface area contributed by atoms with Crippen molar-refractivity contribution in [1.29, 1.82) is 0 Å². The van der Waals surface area contributed by atoms with E-state index < -0.39 is 0 Å². The Morgan fingerprint density at radius 2 is 1.58 bits per heavy atom. The number of anilines is 2. The zero-order valence-electron chi connectivity index (χ0n) is 15.3. The quantitative estimate of drug-likeness (QED) is 0.536. The molecule has 0 radical (unpaired) electrons. The molecule has 1 heterocycles. The van der Waals surface area contributed by atoms with E-state index in [1.807, 2.05) is 30.3 Å². The number of hydrogen-bond donors (Lipinski definition) is 0. The van der Waals surface area contributed by atoms with Gasteiger partial charge in [-0.15, -0.1) is 0 Å². The zero-order chi connectivity index (χ0) is 17.9. The summed E-state index contributed by atoms with van der Waals surface area (Å²) in [5.41, 5.74) is 3.76. The maximum atomic E-state index is 5.76. The predicted octanol–water partition coefficient (Wildman–Crippen LogP) is 6.16. The second kappa shape index (κ2) is 7.20. The Morgan fingerprint density at radius 3 is 2.15 bits per heavy atom. The molecule has 0 spiro atoms. The van der Waals surface area contributed by atoms with E-state index in [9.17, 15) is 0 Å². The molecule has 1 unspecified atom stereocenters. The van der Waals surface area contributed by atoms with Gasteiger partial charge in [-0.25, -0.2) is 4.98 Å². The molecular weight excluding hydrogens is 320 g/mol. The molecule has 1 aliphatic rings. The fraction of sp³-hybridized carbons (Fsp3) is 0.261. The van der Waals surface area contributed by atoms with Gasteiger partial charge in [0.1, 0.15) is 5.75 Å². The molecule has 4 rings (SSSR count). The summed E-state index contributed by atoms with van der Waals surface area (Å²) < 4.78 is 5.76. The Kier molecular flexibility index (Phi) is 4.61. The van der Waals surface area contributed by atoms with Crippen LogP contribution in [0.15, 0.2) is 72.9 Å². The Balaban J connectivity index is 1.44. The summed E-state index contributed by atoms with van der Waals surface area (Å²) >= 11 is 0. The highest BCUT2D eigenvalue weighted by atomic mass is 16.5. The van der Waals surface area contributed by atoms with Gasteiger partial charge in [-0.3, -0.25) is 0 Å². The number of rotatable bonds is 6. The molecule has 26 heavy (non-hydrogen) atoms. The Labute approximate surface area is 155 Å². The second-order valence-electron chi connectivity index (χ2n) is 7.04. The minimum Gasteiger partial charge on any atom is -0.439 e. The minimum absolute atomic E-state index is 0.606. The first-order valence-electron chi connectivity index (χ1n) is 9.23. The van der Waals surface area contributed by atoms with Crippen LogP contribution in [0, 0.1) is 5.92 Å². The van der Waals surface area contributed by atoms with Crippen molar-refractivity contribution in [3.8, 4) is 11.6 Å². The van der Waals surface area contributed by atoms with E-state index in [4.69, 9.17) is 4.74 Å². The van der Waals surface area contributed by atoms with Crippen LogP contribution in [-0.2, 0) is 0 Å². The van der Waals surface area contributed by atoms with Crippen molar-refractivity contribution in [2.45, 2.75) is 25.7 Å². The summed E-state index contributed by atoms with van der Waals surface area (Å²) in [6.45, 7) is 2.34. The first-order chi connectivity index (χ1) is 12.7. The van der Waals surface area contributed by atoms with Gasteiger partial charge in [0.2, 0.25) is 5.88 Å². The summed E-state index contributed by atoms with van der Waals surface area (Å²) in [5.74, 6) is 2.96. The number of pyridine rings is 1. The SMILES string of the molecule is CC(c1ccc(N(C)c2ccc(Oc3ccccn3)cc2)cc1)C1CC1. The highest BCUT2D eigenvalue weighted by Crippen LogP contribution is 2.42. The molecule has 1 aliphatic carbocycles. The first kappa shape index (κ1) is 16.6. The van der Waals surface area contributed by atoms with E-state index in [0.717, 1.165) is 17.4 Å². The summed E-state index contributed by atoms with van der Waals surface area (Å²) in [6.07, 6.45) is 4.50. The van der Waals surface area contributed by atoms with E-state index in [-0.39, 0.29) is 0 Å². The van der Waals surface area contributed by atoms with Gasteiger partial charge in [0, 0.05) is 30.7 Å². The van der Waals surface area contributed by atoms with Gasteiger partial charge in [0.05, 0.1) is 0 Å². The summed E-state index contributed by atoms with van der Waals surface area (Å²) in [5, 5.41) is 0. The third-order valence-electron chi connectivity index (χ3n) is 5.22. The molecule has 0 amide bonds. The van der Waals surface area contributed by atoms with Gasteiger partial charge < -0.3 is 9.64 Å². The van der Waals surface area contributed by atoms with Crippen molar-refractivity contribution < 1.29 is 4.74 Å². The van der Waals surface area contributed by atoms with Gasteiger partial charge in [-0.2, -0.15) is 0 Å². The van der Waals surface area contributed by atoms with Crippen molar-refractivity contribution in [2.75, 3.05) is 11.9 Å². The third kappa shape index (κ3) is 3.72. The van der Waals surface area contributed by atoms with E-state index in [1.165, 1.54) is 24.1 Å². The van der Waals surface area contributed by atoms with Crippen LogP contribution in [0.3, 0.4) is 0 Å². The summed E-state index contributed by atoms with van der Waals surface area (Å²) in [7, 11) is 2.09. The van der Waals surface area contributed by atoms with Crippen LogP contribution in [-0.4, -0.2) is 12.0 Å². The number of benzene rings is 2. The van der Waals surface area contributed by atoms with Gasteiger partial charge >= 0.3 is 0 Å². The smallest absolute Gasteiger partial charge is 0.219 e. The summed E-state index contributed by atoms with van der Waals surface area (Å²) in [6, 6.07) is 22.7. The van der Waals surface area contributed by atoms with Crippen molar-refractivity contribution in [3.63, 3.8) is 0 Å². The Morgan fingerprint density at radius 1 is 0.923 bits per heavy atom. The van der Waals surface area contributed by atoms with E-state index in [1.54, 1.807) is 6.20 Å². The molecule has 1 aromatic heterocycles. The monoisotopic (exact) mass is 344 g/mol. The van der Waals surface area contributed by atoms with Crippen molar-refractivity contribution in [1.82, 2.24) is 4.98 Å². The molecule has 3 nitrogen and oxygen atoms in total. The molecular formula is C23H24N2O. The molecule has 3 aromatic rings. The van der Waals surface area contributed by atoms with Crippen molar-refractivity contribution in [2.24, 2.45) is 5.92 Å². The molecule has 0 aliphatic heterocycles. The van der Waals surface area contributed by atoms with E-state index in [2.05, 4.69) is 60.3 Å². The zero-order valence-corrected chi connectivity index (χ0v) is 15.3. The highest BCUT2D eigenvalue weighted by molar-refractivity contribution is 5.63. The second-order valence-corrected chi connectivity index (χ2v) is 7.04. The van der Waals surface area contributed by atoms with Crippen molar-refractivity contribution in [3.05, 3.63) is 78.5 Å². The molecule has 1 saturated carbocycles. The molecule has 2 aromatic carbocycles. The number of ether oxygens (including phenoxy) is 1. The van der Waals surface area contributed by atoms with Crippen LogP contribution < -0.4 is 9.64 Å². The normalized spacial score (nSPS) is 14.7. The lowest BCUT2D eigenvalue weighted by atomic mass is 9.96. The minimum atomic E-state index is 0.606. The van der Waals surface area contributed by atoms with Gasteiger partial charge in [-0.05, 0) is 72.7 Å². The standard InChI is InChI=1S/C23H24N2O/c1-17(18-6-7-18)19-8-10-20(11-9-19)25(2)21-12-14-22(15-13-21)26-23-5-3-4-16-24-23/h3-5,8-18H,6-7H2,1-2H3. The van der Waals surface area contributed by atoms with E-state index in [0.29, 0.717) is 11.8 Å². The van der Waals surface area contributed by atoms with Gasteiger partial charge in [0.25, 0.3) is 0 Å². The average molecular weight is 344 g/mol. The predicted molar refractivity (Wildman–Crippen MR) is 106 cm³/mol. The van der Waals surface area contributed by atoms with Crippen LogP contribution in [0.2, 0.25) is 0 Å². The lowest BCUT2D eigenvalue weighted by molar-refractivity contribution is 0.463. The third-order valence-corrected chi connectivity index (χ3v) is 5.22. The van der Waals surface area contributed by atoms with Crippen LogP contribution in [0.4, 0.5) is 11.4 Å². The lowest BCUT2D eigenvalue weighted by Gasteiger charge is -2.21. The number of nitrogens with zero attached hydrogens (tertiary/aromatic N) is 2. The average Bonchev–Trinajstić information content (AvgIpc) is 3.54. The fourth-order valence-electron chi connectivity index (χ4n) is 3.28. The largest absolute Gasteiger partial charge is 0.439 e. The summed E-state index contributed by atoms with van der Waals surface area (Å²) in [4.78, 5) is 6.38. The van der Waals surface area contributed by atoms with E-state index >= 15 is 0 Å². The van der Waals surface area contributed by atoms with Crippen LogP contribution in [0.25, 0.3) is 0 Å². The Bertz CT molecular complexity index is 840. The molecule has 0 saturated heterocycles. The van der Waals surface area contributed by atoms with Crippen LogP contribution in [0.5, 0.6) is 11.6 Å². The molecule has 132 valence electrons. The van der Waals surface area contributed by atoms with Gasteiger partial charge in [-0.1, -0.05) is 25.1 Å². The molecule has 3 heteroatoms. The van der Waals surface area contributed by atoms with Crippen LogP contribution >= 0.6 is 0 Å². The maximum Gasteiger partial charge on any atom is 0.219 e. The number of aromatic nitrogens is 1. The molecule has 1 atom stereocenters. The molecule has 0 bridgehead atoms. The topological polar surface area (TPSA) is 25.4 Å². The molecule has 1 fully saturated rings. The first-order valence-corrected chi connectivity index (χ1v) is 9.23. The molecule has 0 N–H and O–H groups in total. The maximum absolute atomic E-state index is 5.76. The highest BCUT2D eigenvalue weighted by Gasteiger charge is 2.28. The Hall–Kier alpha value is -2.81. The fourth-order valence-corrected chi connectivity index (χ4v) is 3.28. The lowest BCUT2D eigenvalue weighted by Crippen LogP contribution is -2.09. The van der Waals surface area contributed by atoms with Gasteiger partial charge in [0.15, 0.2) is 0 Å². The number of hydrogen-bond acceptors (Lipinski definition) is 3. The van der Waals surface area contributed by atoms with Crippen LogP contribution in [0.1, 0.15) is 31.2 Å².